The number of aromatic nitrogens is 5. The fraction of sp³-hybridized carbons (Fsp3) is 0.333. The third-order valence-corrected chi connectivity index (χ3v) is 6.49. The summed E-state index contributed by atoms with van der Waals surface area (Å²) in [5.41, 5.74) is 2.24. The molecule has 2 aromatic heterocycles. The van der Waals surface area contributed by atoms with E-state index in [4.69, 9.17) is 0 Å². The third-order valence-electron chi connectivity index (χ3n) is 4.41. The van der Waals surface area contributed by atoms with Crippen LogP contribution in [0.15, 0.2) is 29.4 Å². The van der Waals surface area contributed by atoms with Crippen LogP contribution in [0.25, 0.3) is 0 Å². The van der Waals surface area contributed by atoms with Gasteiger partial charge in [0.15, 0.2) is 5.13 Å². The number of anilines is 2. The van der Waals surface area contributed by atoms with Crippen molar-refractivity contribution in [1.29, 1.82) is 0 Å². The topological polar surface area (TPSA) is 115 Å². The van der Waals surface area contributed by atoms with Gasteiger partial charge in [0.05, 0.1) is 11.4 Å². The molecular formula is C18H19N7O2S2. The first kappa shape index (κ1) is 19.5. The van der Waals surface area contributed by atoms with Gasteiger partial charge in [0.1, 0.15) is 0 Å². The number of rotatable bonds is 6. The molecule has 2 amide bonds. The average molecular weight is 430 g/mol. The van der Waals surface area contributed by atoms with Crippen molar-refractivity contribution in [2.75, 3.05) is 16.4 Å². The number of nitrogens with zero attached hydrogens (tertiary/aromatic N) is 5. The lowest BCUT2D eigenvalue weighted by atomic mass is 10.0. The van der Waals surface area contributed by atoms with Crippen LogP contribution >= 0.6 is 23.1 Å². The number of fused-ring (bicyclic) bond motifs is 1. The number of aryl methyl sites for hydroxylation is 3. The number of amides is 2. The molecule has 0 saturated carbocycles. The monoisotopic (exact) mass is 429 g/mol. The predicted molar refractivity (Wildman–Crippen MR) is 111 cm³/mol. The molecule has 0 fully saturated rings. The van der Waals surface area contributed by atoms with Crippen molar-refractivity contribution in [2.45, 2.75) is 30.8 Å². The van der Waals surface area contributed by atoms with Crippen LogP contribution in [0.1, 0.15) is 33.8 Å². The van der Waals surface area contributed by atoms with Gasteiger partial charge in [0.25, 0.3) is 5.91 Å². The highest BCUT2D eigenvalue weighted by molar-refractivity contribution is 7.99. The quantitative estimate of drug-likeness (QED) is 0.579. The molecule has 2 heterocycles. The van der Waals surface area contributed by atoms with Gasteiger partial charge in [0, 0.05) is 23.2 Å². The van der Waals surface area contributed by atoms with Gasteiger partial charge in [-0.05, 0) is 60.4 Å². The van der Waals surface area contributed by atoms with Crippen LogP contribution in [0.4, 0.5) is 10.8 Å². The van der Waals surface area contributed by atoms with Crippen molar-refractivity contribution in [3.8, 4) is 0 Å². The second kappa shape index (κ2) is 8.70. The van der Waals surface area contributed by atoms with Gasteiger partial charge in [-0.2, -0.15) is 0 Å². The van der Waals surface area contributed by atoms with Crippen LogP contribution in [-0.2, 0) is 24.7 Å². The molecule has 0 spiro atoms. The summed E-state index contributed by atoms with van der Waals surface area (Å²) in [5, 5.41) is 17.9. The highest BCUT2D eigenvalue weighted by Crippen LogP contribution is 2.29. The van der Waals surface area contributed by atoms with E-state index in [9.17, 15) is 9.59 Å². The summed E-state index contributed by atoms with van der Waals surface area (Å²) in [5.74, 6) is -0.201. The predicted octanol–water partition coefficient (Wildman–Crippen LogP) is 2.53. The van der Waals surface area contributed by atoms with Crippen LogP contribution in [-0.4, -0.2) is 42.8 Å². The molecular weight excluding hydrogens is 410 g/mol. The SMILES string of the molecule is Cn1nnnc1SCC(=O)Nc1ccc(C(=O)Nc2nc3c(s2)CCCC3)cc1. The van der Waals surface area contributed by atoms with Gasteiger partial charge in [-0.15, -0.1) is 16.4 Å². The third kappa shape index (κ3) is 4.80. The molecule has 29 heavy (non-hydrogen) atoms. The maximum Gasteiger partial charge on any atom is 0.257 e. The summed E-state index contributed by atoms with van der Waals surface area (Å²) < 4.78 is 1.50. The van der Waals surface area contributed by atoms with Crippen molar-refractivity contribution < 1.29 is 9.59 Å². The smallest absolute Gasteiger partial charge is 0.257 e. The molecule has 0 unspecified atom stereocenters. The Bertz CT molecular complexity index is 1010. The molecule has 150 valence electrons. The van der Waals surface area contributed by atoms with Gasteiger partial charge >= 0.3 is 0 Å². The number of carbonyl (C=O) groups excluding carboxylic acids is 2. The van der Waals surface area contributed by atoms with E-state index < -0.39 is 0 Å². The molecule has 0 radical (unpaired) electrons. The Kier molecular flexibility index (Phi) is 5.86. The minimum atomic E-state index is -0.209. The van der Waals surface area contributed by atoms with Crippen molar-refractivity contribution in [2.24, 2.45) is 7.05 Å². The zero-order valence-corrected chi connectivity index (χ0v) is 17.3. The highest BCUT2D eigenvalue weighted by Gasteiger charge is 2.17. The Morgan fingerprint density at radius 2 is 1.97 bits per heavy atom. The lowest BCUT2D eigenvalue weighted by Gasteiger charge is -2.06. The second-order valence-electron chi connectivity index (χ2n) is 6.55. The van der Waals surface area contributed by atoms with Gasteiger partial charge in [-0.25, -0.2) is 9.67 Å². The zero-order chi connectivity index (χ0) is 20.2. The first-order chi connectivity index (χ1) is 14.1. The van der Waals surface area contributed by atoms with Crippen molar-refractivity contribution >= 4 is 45.7 Å². The first-order valence-corrected chi connectivity index (χ1v) is 10.9. The van der Waals surface area contributed by atoms with Gasteiger partial charge in [-0.1, -0.05) is 11.8 Å². The summed E-state index contributed by atoms with van der Waals surface area (Å²) in [6, 6.07) is 6.76. The van der Waals surface area contributed by atoms with E-state index in [1.54, 1.807) is 42.6 Å². The molecule has 0 bridgehead atoms. The Morgan fingerprint density at radius 1 is 1.17 bits per heavy atom. The maximum absolute atomic E-state index is 12.5. The number of benzene rings is 1. The number of carbonyl (C=O) groups is 2. The van der Waals surface area contributed by atoms with E-state index in [-0.39, 0.29) is 17.6 Å². The molecule has 2 N–H and O–H groups in total. The fourth-order valence-electron chi connectivity index (χ4n) is 2.95. The second-order valence-corrected chi connectivity index (χ2v) is 8.58. The Balaban J connectivity index is 1.31. The molecule has 11 heteroatoms. The van der Waals surface area contributed by atoms with Crippen LogP contribution < -0.4 is 10.6 Å². The lowest BCUT2D eigenvalue weighted by Crippen LogP contribution is -2.15. The summed E-state index contributed by atoms with van der Waals surface area (Å²) in [6.45, 7) is 0. The van der Waals surface area contributed by atoms with E-state index in [1.807, 2.05) is 0 Å². The minimum absolute atomic E-state index is 0.177. The molecule has 1 aliphatic rings. The largest absolute Gasteiger partial charge is 0.325 e. The molecule has 3 aromatic rings. The highest BCUT2D eigenvalue weighted by atomic mass is 32.2. The number of tetrazole rings is 1. The minimum Gasteiger partial charge on any atom is -0.325 e. The molecule has 0 atom stereocenters. The molecule has 1 aromatic carbocycles. The number of hydrogen-bond donors (Lipinski definition) is 2. The zero-order valence-electron chi connectivity index (χ0n) is 15.7. The normalized spacial score (nSPS) is 13.0. The Hall–Kier alpha value is -2.79. The first-order valence-electron chi connectivity index (χ1n) is 9.13. The van der Waals surface area contributed by atoms with E-state index >= 15 is 0 Å². The van der Waals surface area contributed by atoms with Crippen molar-refractivity contribution in [3.05, 3.63) is 40.4 Å². The molecule has 1 aliphatic carbocycles. The van der Waals surface area contributed by atoms with Crippen LogP contribution in [0, 0.1) is 0 Å². The average Bonchev–Trinajstić information content (AvgIpc) is 3.32. The molecule has 4 rings (SSSR count). The van der Waals surface area contributed by atoms with Gasteiger partial charge in [0.2, 0.25) is 11.1 Å². The Labute approximate surface area is 175 Å². The summed E-state index contributed by atoms with van der Waals surface area (Å²) in [6.07, 6.45) is 4.37. The van der Waals surface area contributed by atoms with Crippen molar-refractivity contribution in [1.82, 2.24) is 25.2 Å². The van der Waals surface area contributed by atoms with E-state index in [0.717, 1.165) is 25.0 Å². The van der Waals surface area contributed by atoms with Gasteiger partial charge < -0.3 is 5.32 Å². The Morgan fingerprint density at radius 3 is 2.69 bits per heavy atom. The van der Waals surface area contributed by atoms with Crippen LogP contribution in [0.3, 0.4) is 0 Å². The number of hydrogen-bond acceptors (Lipinski definition) is 8. The van der Waals surface area contributed by atoms with E-state index in [2.05, 4.69) is 31.1 Å². The standard InChI is InChI=1S/C18H19N7O2S2/c1-25-18(22-23-24-25)28-10-15(26)19-12-8-6-11(7-9-12)16(27)21-17-20-13-4-2-3-5-14(13)29-17/h6-9H,2-5,10H2,1H3,(H,19,26)(H,20,21,27). The van der Waals surface area contributed by atoms with Crippen molar-refractivity contribution in [3.63, 3.8) is 0 Å². The van der Waals surface area contributed by atoms with Crippen LogP contribution in [0.2, 0.25) is 0 Å². The fourth-order valence-corrected chi connectivity index (χ4v) is 4.65. The molecule has 9 nitrogen and oxygen atoms in total. The number of nitrogens with one attached hydrogen (secondary N) is 2. The summed E-state index contributed by atoms with van der Waals surface area (Å²) in [4.78, 5) is 30.4. The maximum atomic E-state index is 12.5. The number of thioether (sulfide) groups is 1. The summed E-state index contributed by atoms with van der Waals surface area (Å²) in [7, 11) is 1.71. The van der Waals surface area contributed by atoms with E-state index in [0.29, 0.717) is 21.5 Å². The van der Waals surface area contributed by atoms with Crippen LogP contribution in [0.5, 0.6) is 0 Å². The van der Waals surface area contributed by atoms with Gasteiger partial charge in [-0.3, -0.25) is 14.9 Å². The molecule has 0 saturated heterocycles. The van der Waals surface area contributed by atoms with E-state index in [1.165, 1.54) is 27.7 Å². The molecule has 0 aliphatic heterocycles. The lowest BCUT2D eigenvalue weighted by molar-refractivity contribution is -0.113. The summed E-state index contributed by atoms with van der Waals surface area (Å²) >= 11 is 2.80. The number of thiazole rings is 1.